The molecule has 0 aliphatic heterocycles. The second-order valence-corrected chi connectivity index (χ2v) is 19.6. The molecular weight excluding hydrogens is 805 g/mol. The fraction of sp³-hybridized carbons (Fsp3) is 0.881. The number of carbonyl (C=O) groups excluding carboxylic acids is 3. The molecule has 0 rings (SSSR count). The van der Waals surface area contributed by atoms with Crippen LogP contribution in [0.1, 0.15) is 316 Å². The highest BCUT2D eigenvalue weighted by molar-refractivity contribution is 5.71. The summed E-state index contributed by atoms with van der Waals surface area (Å²) in [6, 6.07) is 0. The van der Waals surface area contributed by atoms with E-state index in [-0.39, 0.29) is 31.1 Å². The van der Waals surface area contributed by atoms with E-state index in [0.29, 0.717) is 19.3 Å². The molecule has 0 saturated carbocycles. The van der Waals surface area contributed by atoms with E-state index in [4.69, 9.17) is 14.2 Å². The van der Waals surface area contributed by atoms with Crippen LogP contribution in [0, 0.1) is 0 Å². The highest BCUT2D eigenvalue weighted by Crippen LogP contribution is 2.17. The smallest absolute Gasteiger partial charge is 0.306 e. The van der Waals surface area contributed by atoms with Gasteiger partial charge >= 0.3 is 17.9 Å². The summed E-state index contributed by atoms with van der Waals surface area (Å²) < 4.78 is 16.9. The van der Waals surface area contributed by atoms with E-state index in [1.807, 2.05) is 0 Å². The van der Waals surface area contributed by atoms with Gasteiger partial charge in [-0.15, -0.1) is 0 Å². The third-order valence-electron chi connectivity index (χ3n) is 13.0. The lowest BCUT2D eigenvalue weighted by molar-refractivity contribution is -0.167. The van der Waals surface area contributed by atoms with Crippen molar-refractivity contribution in [1.82, 2.24) is 0 Å². The normalized spacial score (nSPS) is 12.1. The van der Waals surface area contributed by atoms with Crippen molar-refractivity contribution in [3.8, 4) is 0 Å². The van der Waals surface area contributed by atoms with Crippen LogP contribution in [0.15, 0.2) is 24.3 Å². The summed E-state index contributed by atoms with van der Waals surface area (Å²) in [7, 11) is 0. The minimum Gasteiger partial charge on any atom is -0.462 e. The molecule has 0 radical (unpaired) electrons. The lowest BCUT2D eigenvalue weighted by atomic mass is 10.0. The number of rotatable bonds is 53. The maximum atomic E-state index is 12.8. The average Bonchev–Trinajstić information content (AvgIpc) is 3.30. The monoisotopic (exact) mass is 915 g/mol. The fourth-order valence-corrected chi connectivity index (χ4v) is 8.59. The first-order valence-electron chi connectivity index (χ1n) is 28.8. The first-order valence-corrected chi connectivity index (χ1v) is 28.8. The molecule has 0 aliphatic carbocycles. The quantitative estimate of drug-likeness (QED) is 0.0262. The Morgan fingerprint density at radius 1 is 0.308 bits per heavy atom. The van der Waals surface area contributed by atoms with Gasteiger partial charge in [0.25, 0.3) is 0 Å². The van der Waals surface area contributed by atoms with Gasteiger partial charge < -0.3 is 14.2 Å². The first-order chi connectivity index (χ1) is 32.0. The molecule has 0 aromatic heterocycles. The number of ether oxygens (including phenoxy) is 3. The maximum absolute atomic E-state index is 12.8. The summed E-state index contributed by atoms with van der Waals surface area (Å²) in [5.74, 6) is -0.865. The molecule has 65 heavy (non-hydrogen) atoms. The van der Waals surface area contributed by atoms with Crippen molar-refractivity contribution in [1.29, 1.82) is 0 Å². The first kappa shape index (κ1) is 62.9. The van der Waals surface area contributed by atoms with Crippen molar-refractivity contribution >= 4 is 17.9 Å². The molecule has 6 nitrogen and oxygen atoms in total. The van der Waals surface area contributed by atoms with E-state index in [1.165, 1.54) is 199 Å². The Kier molecular flexibility index (Phi) is 52.7. The molecule has 0 aromatic carbocycles. The van der Waals surface area contributed by atoms with Crippen LogP contribution in [-0.4, -0.2) is 37.2 Å². The molecule has 0 saturated heterocycles. The van der Waals surface area contributed by atoms with E-state index in [9.17, 15) is 14.4 Å². The predicted molar refractivity (Wildman–Crippen MR) is 279 cm³/mol. The third kappa shape index (κ3) is 52.7. The van der Waals surface area contributed by atoms with Gasteiger partial charge in [0.2, 0.25) is 0 Å². The van der Waals surface area contributed by atoms with Crippen molar-refractivity contribution in [2.24, 2.45) is 0 Å². The SMILES string of the molecule is CCCCC/C=C\C/C=C\CCCCCCCC(=O)OC(COC(=O)CCCCCCCCCCCCCC)COC(=O)CCCCCCCCCCCCCCCCCCCCCC. The summed E-state index contributed by atoms with van der Waals surface area (Å²) in [6.45, 7) is 6.65. The fourth-order valence-electron chi connectivity index (χ4n) is 8.59. The Hall–Kier alpha value is -2.11. The number of unbranched alkanes of at least 4 members (excludes halogenated alkanes) is 38. The van der Waals surface area contributed by atoms with Gasteiger partial charge in [-0.3, -0.25) is 14.4 Å². The van der Waals surface area contributed by atoms with Crippen LogP contribution in [0.3, 0.4) is 0 Å². The molecule has 0 spiro atoms. The molecule has 0 aliphatic rings. The number of hydrogen-bond donors (Lipinski definition) is 0. The number of carbonyl (C=O) groups is 3. The van der Waals surface area contributed by atoms with E-state index < -0.39 is 6.10 Å². The zero-order valence-corrected chi connectivity index (χ0v) is 43.8. The van der Waals surface area contributed by atoms with Gasteiger partial charge in [0, 0.05) is 19.3 Å². The molecule has 0 heterocycles. The summed E-state index contributed by atoms with van der Waals surface area (Å²) in [5, 5.41) is 0. The van der Waals surface area contributed by atoms with Crippen LogP contribution in [0.5, 0.6) is 0 Å². The number of hydrogen-bond acceptors (Lipinski definition) is 6. The average molecular weight is 916 g/mol. The number of esters is 3. The third-order valence-corrected chi connectivity index (χ3v) is 13.0. The van der Waals surface area contributed by atoms with Crippen molar-refractivity contribution in [2.75, 3.05) is 13.2 Å². The second-order valence-electron chi connectivity index (χ2n) is 19.6. The lowest BCUT2D eigenvalue weighted by Gasteiger charge is -2.18. The van der Waals surface area contributed by atoms with Crippen molar-refractivity contribution < 1.29 is 28.6 Å². The molecular formula is C59H110O6. The molecule has 0 amide bonds. The van der Waals surface area contributed by atoms with E-state index >= 15 is 0 Å². The van der Waals surface area contributed by atoms with Gasteiger partial charge in [0.05, 0.1) is 0 Å². The van der Waals surface area contributed by atoms with Gasteiger partial charge in [0.15, 0.2) is 6.10 Å². The van der Waals surface area contributed by atoms with Gasteiger partial charge in [-0.25, -0.2) is 0 Å². The van der Waals surface area contributed by atoms with Crippen molar-refractivity contribution in [3.63, 3.8) is 0 Å². The van der Waals surface area contributed by atoms with Crippen LogP contribution in [0.4, 0.5) is 0 Å². The summed E-state index contributed by atoms with van der Waals surface area (Å²) in [5.41, 5.74) is 0. The van der Waals surface area contributed by atoms with Crippen molar-refractivity contribution in [3.05, 3.63) is 24.3 Å². The zero-order chi connectivity index (χ0) is 47.2. The Morgan fingerprint density at radius 3 is 0.877 bits per heavy atom. The van der Waals surface area contributed by atoms with Gasteiger partial charge in [-0.05, 0) is 51.4 Å². The minimum absolute atomic E-state index is 0.0716. The second kappa shape index (κ2) is 54.5. The molecule has 382 valence electrons. The minimum atomic E-state index is -0.773. The molecule has 6 heteroatoms. The molecule has 0 fully saturated rings. The summed E-state index contributed by atoms with van der Waals surface area (Å²) >= 11 is 0. The molecule has 0 aromatic rings. The lowest BCUT2D eigenvalue weighted by Crippen LogP contribution is -2.30. The number of allylic oxidation sites excluding steroid dienone is 4. The highest BCUT2D eigenvalue weighted by Gasteiger charge is 2.19. The molecule has 0 bridgehead atoms. The molecule has 1 atom stereocenters. The zero-order valence-electron chi connectivity index (χ0n) is 43.8. The Balaban J connectivity index is 4.29. The van der Waals surface area contributed by atoms with Crippen LogP contribution in [-0.2, 0) is 28.6 Å². The Labute approximate surface area is 404 Å². The van der Waals surface area contributed by atoms with Gasteiger partial charge in [-0.1, -0.05) is 270 Å². The highest BCUT2D eigenvalue weighted by atomic mass is 16.6. The summed E-state index contributed by atoms with van der Waals surface area (Å²) in [4.78, 5) is 38.1. The van der Waals surface area contributed by atoms with E-state index in [1.54, 1.807) is 0 Å². The van der Waals surface area contributed by atoms with Crippen molar-refractivity contribution in [2.45, 2.75) is 322 Å². The Morgan fingerprint density at radius 2 is 0.554 bits per heavy atom. The van der Waals surface area contributed by atoms with E-state index in [2.05, 4.69) is 45.1 Å². The topological polar surface area (TPSA) is 78.9 Å². The standard InChI is InChI=1S/C59H110O6/c1-4-7-10-13-16-19-22-25-27-28-29-30-31-33-34-37-40-43-46-49-52-58(61)64-55-56(54-63-57(60)51-48-45-42-39-36-24-21-18-15-12-9-6-3)65-59(62)53-50-47-44-41-38-35-32-26-23-20-17-14-11-8-5-2/h17,20,26,32,56H,4-16,18-19,21-25,27-31,33-55H2,1-3H3/b20-17-,32-26-. The maximum Gasteiger partial charge on any atom is 0.306 e. The largest absolute Gasteiger partial charge is 0.462 e. The van der Waals surface area contributed by atoms with Gasteiger partial charge in [0.1, 0.15) is 13.2 Å². The van der Waals surface area contributed by atoms with E-state index in [0.717, 1.165) is 77.0 Å². The summed E-state index contributed by atoms with van der Waals surface area (Å²) in [6.07, 6.45) is 63.1. The Bertz CT molecular complexity index is 1050. The van der Waals surface area contributed by atoms with Gasteiger partial charge in [-0.2, -0.15) is 0 Å². The van der Waals surface area contributed by atoms with Crippen LogP contribution in [0.2, 0.25) is 0 Å². The van der Waals surface area contributed by atoms with Crippen LogP contribution in [0.25, 0.3) is 0 Å². The molecule has 1 unspecified atom stereocenters. The van der Waals surface area contributed by atoms with Crippen LogP contribution < -0.4 is 0 Å². The molecule has 0 N–H and O–H groups in total. The predicted octanol–water partition coefficient (Wildman–Crippen LogP) is 19.1. The van der Waals surface area contributed by atoms with Crippen LogP contribution >= 0.6 is 0 Å².